The predicted octanol–water partition coefficient (Wildman–Crippen LogP) is 3.72. The molecule has 1 aliphatic carbocycles. The fourth-order valence-electron chi connectivity index (χ4n) is 3.45. The van der Waals surface area contributed by atoms with Gasteiger partial charge in [-0.15, -0.1) is 0 Å². The molecule has 1 fully saturated rings. The molecule has 2 amide bonds. The molecule has 0 spiro atoms. The molecule has 0 atom stereocenters. The number of carbonyl (C=O) groups is 2. The van der Waals surface area contributed by atoms with Crippen molar-refractivity contribution in [3.8, 4) is 0 Å². The Morgan fingerprint density at radius 3 is 2.24 bits per heavy atom. The summed E-state index contributed by atoms with van der Waals surface area (Å²) in [5, 5.41) is 2.85. The summed E-state index contributed by atoms with van der Waals surface area (Å²) < 4.78 is 0. The van der Waals surface area contributed by atoms with Crippen LogP contribution in [-0.4, -0.2) is 36.3 Å². The van der Waals surface area contributed by atoms with Gasteiger partial charge in [0, 0.05) is 31.5 Å². The average molecular weight is 344 g/mol. The topological polar surface area (TPSA) is 49.4 Å². The highest BCUT2D eigenvalue weighted by Gasteiger charge is 2.27. The Labute approximate surface area is 152 Å². The first-order valence-electron chi connectivity index (χ1n) is 9.38. The van der Waals surface area contributed by atoms with Crippen LogP contribution < -0.4 is 5.32 Å². The van der Waals surface area contributed by atoms with E-state index in [2.05, 4.69) is 35.6 Å². The Balaban J connectivity index is 1.75. The van der Waals surface area contributed by atoms with Crippen LogP contribution in [0.15, 0.2) is 30.3 Å². The van der Waals surface area contributed by atoms with E-state index in [9.17, 15) is 9.59 Å². The van der Waals surface area contributed by atoms with Crippen LogP contribution in [0.1, 0.15) is 64.4 Å². The SMILES string of the molecule is CN(C(=O)CCNC(=O)C(C)(C)C)C1CCC(c2ccccc2)CC1. The number of rotatable bonds is 5. The third kappa shape index (κ3) is 5.58. The van der Waals surface area contributed by atoms with E-state index in [4.69, 9.17) is 0 Å². The van der Waals surface area contributed by atoms with Crippen molar-refractivity contribution < 1.29 is 9.59 Å². The monoisotopic (exact) mass is 344 g/mol. The molecule has 2 rings (SSSR count). The highest BCUT2D eigenvalue weighted by Crippen LogP contribution is 2.34. The molecule has 0 aromatic heterocycles. The molecule has 1 N–H and O–H groups in total. The van der Waals surface area contributed by atoms with Crippen molar-refractivity contribution in [1.82, 2.24) is 10.2 Å². The van der Waals surface area contributed by atoms with Gasteiger partial charge in [-0.05, 0) is 37.2 Å². The number of benzene rings is 1. The summed E-state index contributed by atoms with van der Waals surface area (Å²) in [6, 6.07) is 11.0. The van der Waals surface area contributed by atoms with Crippen LogP contribution in [0.25, 0.3) is 0 Å². The quantitative estimate of drug-likeness (QED) is 0.885. The van der Waals surface area contributed by atoms with Crippen LogP contribution in [0.2, 0.25) is 0 Å². The molecule has 0 unspecified atom stereocenters. The van der Waals surface area contributed by atoms with Crippen molar-refractivity contribution in [1.29, 1.82) is 0 Å². The number of hydrogen-bond donors (Lipinski definition) is 1. The molecule has 0 heterocycles. The fraction of sp³-hybridized carbons (Fsp3) is 0.619. The molecule has 4 heteroatoms. The zero-order valence-electron chi connectivity index (χ0n) is 16.0. The van der Waals surface area contributed by atoms with E-state index < -0.39 is 5.41 Å². The number of amides is 2. The van der Waals surface area contributed by atoms with Crippen molar-refractivity contribution in [3.63, 3.8) is 0 Å². The Hall–Kier alpha value is -1.84. The lowest BCUT2D eigenvalue weighted by molar-refractivity contribution is -0.133. The number of nitrogens with zero attached hydrogens (tertiary/aromatic N) is 1. The maximum absolute atomic E-state index is 12.4. The molecule has 1 aliphatic rings. The summed E-state index contributed by atoms with van der Waals surface area (Å²) in [5.74, 6) is 0.732. The summed E-state index contributed by atoms with van der Waals surface area (Å²) in [7, 11) is 1.90. The summed E-state index contributed by atoms with van der Waals surface area (Å²) in [6.45, 7) is 6.04. The van der Waals surface area contributed by atoms with E-state index in [1.54, 1.807) is 0 Å². The summed E-state index contributed by atoms with van der Waals surface area (Å²) in [6.07, 6.45) is 4.74. The first-order chi connectivity index (χ1) is 11.8. The summed E-state index contributed by atoms with van der Waals surface area (Å²) in [4.78, 5) is 26.1. The van der Waals surface area contributed by atoms with E-state index in [0.717, 1.165) is 25.7 Å². The molecule has 4 nitrogen and oxygen atoms in total. The van der Waals surface area contributed by atoms with Gasteiger partial charge in [0.15, 0.2) is 0 Å². The van der Waals surface area contributed by atoms with Gasteiger partial charge in [-0.3, -0.25) is 9.59 Å². The molecule has 0 aliphatic heterocycles. The first kappa shape index (κ1) is 19.5. The van der Waals surface area contributed by atoms with Crippen molar-refractivity contribution in [2.24, 2.45) is 5.41 Å². The van der Waals surface area contributed by atoms with Crippen LogP contribution in [0.3, 0.4) is 0 Å². The molecule has 0 saturated heterocycles. The average Bonchev–Trinajstić information content (AvgIpc) is 2.61. The maximum Gasteiger partial charge on any atom is 0.225 e. The van der Waals surface area contributed by atoms with Gasteiger partial charge in [0.25, 0.3) is 0 Å². The second-order valence-corrected chi connectivity index (χ2v) is 8.18. The highest BCUT2D eigenvalue weighted by molar-refractivity contribution is 5.82. The van der Waals surface area contributed by atoms with Crippen LogP contribution in [0, 0.1) is 5.41 Å². The van der Waals surface area contributed by atoms with Gasteiger partial charge in [-0.2, -0.15) is 0 Å². The van der Waals surface area contributed by atoms with Crippen LogP contribution in [-0.2, 0) is 9.59 Å². The minimum absolute atomic E-state index is 0.00803. The number of hydrogen-bond acceptors (Lipinski definition) is 2. The zero-order valence-corrected chi connectivity index (χ0v) is 16.0. The third-order valence-corrected chi connectivity index (χ3v) is 5.21. The third-order valence-electron chi connectivity index (χ3n) is 5.21. The molecule has 1 saturated carbocycles. The number of carbonyl (C=O) groups excluding carboxylic acids is 2. The first-order valence-corrected chi connectivity index (χ1v) is 9.38. The Bertz CT molecular complexity index is 569. The van der Waals surface area contributed by atoms with Gasteiger partial charge >= 0.3 is 0 Å². The molecule has 25 heavy (non-hydrogen) atoms. The van der Waals surface area contributed by atoms with Gasteiger partial charge in [0.05, 0.1) is 0 Å². The molecular weight excluding hydrogens is 312 g/mol. The van der Waals surface area contributed by atoms with E-state index in [-0.39, 0.29) is 11.8 Å². The lowest BCUT2D eigenvalue weighted by atomic mass is 9.81. The van der Waals surface area contributed by atoms with E-state index >= 15 is 0 Å². The van der Waals surface area contributed by atoms with Crippen LogP contribution in [0.5, 0.6) is 0 Å². The van der Waals surface area contributed by atoms with E-state index in [1.165, 1.54) is 5.56 Å². The highest BCUT2D eigenvalue weighted by atomic mass is 16.2. The number of nitrogens with one attached hydrogen (secondary N) is 1. The Kier molecular flexibility index (Phi) is 6.63. The van der Waals surface area contributed by atoms with Gasteiger partial charge in [0.1, 0.15) is 0 Å². The Morgan fingerprint density at radius 1 is 1.08 bits per heavy atom. The van der Waals surface area contributed by atoms with Crippen LogP contribution >= 0.6 is 0 Å². The second-order valence-electron chi connectivity index (χ2n) is 8.18. The van der Waals surface area contributed by atoms with Gasteiger partial charge in [-0.25, -0.2) is 0 Å². The second kappa shape index (κ2) is 8.50. The molecule has 1 aromatic rings. The van der Waals surface area contributed by atoms with Gasteiger partial charge < -0.3 is 10.2 Å². The molecule has 1 aromatic carbocycles. The standard InChI is InChI=1S/C21H32N2O2/c1-21(2,3)20(25)22-15-14-19(24)23(4)18-12-10-17(11-13-18)16-8-6-5-7-9-16/h5-9,17-18H,10-15H2,1-4H3,(H,22,25). The fourth-order valence-corrected chi connectivity index (χ4v) is 3.45. The van der Waals surface area contributed by atoms with E-state index in [0.29, 0.717) is 24.9 Å². The largest absolute Gasteiger partial charge is 0.355 e. The summed E-state index contributed by atoms with van der Waals surface area (Å²) >= 11 is 0. The maximum atomic E-state index is 12.4. The lowest BCUT2D eigenvalue weighted by Crippen LogP contribution is -2.41. The van der Waals surface area contributed by atoms with E-state index in [1.807, 2.05) is 32.7 Å². The predicted molar refractivity (Wildman–Crippen MR) is 101 cm³/mol. The van der Waals surface area contributed by atoms with Crippen LogP contribution in [0.4, 0.5) is 0 Å². The minimum atomic E-state index is -0.412. The molecule has 0 radical (unpaired) electrons. The van der Waals surface area contributed by atoms with Gasteiger partial charge in [0.2, 0.25) is 11.8 Å². The van der Waals surface area contributed by atoms with Crippen molar-refractivity contribution in [2.45, 2.75) is 64.8 Å². The normalized spacial score (nSPS) is 20.8. The summed E-state index contributed by atoms with van der Waals surface area (Å²) in [5.41, 5.74) is 1.00. The molecule has 138 valence electrons. The smallest absolute Gasteiger partial charge is 0.225 e. The zero-order chi connectivity index (χ0) is 18.4. The molecular formula is C21H32N2O2. The Morgan fingerprint density at radius 2 is 1.68 bits per heavy atom. The van der Waals surface area contributed by atoms with Crippen molar-refractivity contribution >= 4 is 11.8 Å². The van der Waals surface area contributed by atoms with Crippen molar-refractivity contribution in [3.05, 3.63) is 35.9 Å². The van der Waals surface area contributed by atoms with Crippen molar-refractivity contribution in [2.75, 3.05) is 13.6 Å². The van der Waals surface area contributed by atoms with Gasteiger partial charge in [-0.1, -0.05) is 51.1 Å². The molecule has 0 bridgehead atoms. The minimum Gasteiger partial charge on any atom is -0.355 e. The lowest BCUT2D eigenvalue weighted by Gasteiger charge is -2.35.